The molecule has 0 bridgehead atoms. The molecule has 0 amide bonds. The summed E-state index contributed by atoms with van der Waals surface area (Å²) in [6.45, 7) is 15.1. The van der Waals surface area contributed by atoms with E-state index in [1.54, 1.807) is 18.2 Å². The Morgan fingerprint density at radius 2 is 1.37 bits per heavy atom. The molecule has 6 nitrogen and oxygen atoms in total. The van der Waals surface area contributed by atoms with Crippen molar-refractivity contribution in [3.05, 3.63) is 93.5 Å². The summed E-state index contributed by atoms with van der Waals surface area (Å²) in [5, 5.41) is 31.3. The lowest BCUT2D eigenvalue weighted by Crippen LogP contribution is -2.26. The van der Waals surface area contributed by atoms with Crippen LogP contribution in [0.3, 0.4) is 0 Å². The monoisotopic (exact) mass is 473 g/mol. The number of azo groups is 1. The molecule has 0 aliphatic heterocycles. The van der Waals surface area contributed by atoms with Gasteiger partial charge in [0.25, 0.3) is 5.69 Å². The first-order valence-corrected chi connectivity index (χ1v) is 11.8. The molecule has 0 unspecified atom stereocenters. The van der Waals surface area contributed by atoms with Gasteiger partial charge in [-0.1, -0.05) is 97.0 Å². The molecule has 3 aromatic rings. The predicted octanol–water partition coefficient (Wildman–Crippen LogP) is 8.76. The molecule has 0 saturated heterocycles. The number of aromatic hydroxyl groups is 1. The summed E-state index contributed by atoms with van der Waals surface area (Å²) in [4.78, 5) is 10.9. The van der Waals surface area contributed by atoms with Gasteiger partial charge >= 0.3 is 0 Å². The summed E-state index contributed by atoms with van der Waals surface area (Å²) in [6, 6.07) is 20.1. The lowest BCUT2D eigenvalue weighted by atomic mass is 9.70. The number of benzene rings is 3. The van der Waals surface area contributed by atoms with Gasteiger partial charge in [0.05, 0.1) is 4.92 Å². The van der Waals surface area contributed by atoms with Crippen LogP contribution in [0.25, 0.3) is 0 Å². The van der Waals surface area contributed by atoms with Crippen molar-refractivity contribution in [3.8, 4) is 5.75 Å². The molecule has 0 spiro atoms. The second-order valence-corrected chi connectivity index (χ2v) is 11.4. The maximum absolute atomic E-state index is 11.4. The normalized spacial score (nSPS) is 12.8. The van der Waals surface area contributed by atoms with Gasteiger partial charge in [-0.05, 0) is 40.5 Å². The third-order valence-corrected chi connectivity index (χ3v) is 6.36. The number of phenols is 1. The zero-order valence-corrected chi connectivity index (χ0v) is 21.7. The SMILES string of the molecule is CC(C)(C)CC(C)(C)c1cc(N=Nc2ccccc2[N+](=O)[O-])c(O)c(C(C)(C)c2ccccc2)c1. The summed E-state index contributed by atoms with van der Waals surface area (Å²) in [6.07, 6.45) is 0.913. The summed E-state index contributed by atoms with van der Waals surface area (Å²) >= 11 is 0. The van der Waals surface area contributed by atoms with E-state index < -0.39 is 10.3 Å². The van der Waals surface area contributed by atoms with Gasteiger partial charge in [-0.3, -0.25) is 10.1 Å². The van der Waals surface area contributed by atoms with Crippen molar-refractivity contribution in [2.45, 2.75) is 65.7 Å². The molecule has 184 valence electrons. The van der Waals surface area contributed by atoms with Gasteiger partial charge in [0.2, 0.25) is 0 Å². The van der Waals surface area contributed by atoms with Crippen molar-refractivity contribution >= 4 is 17.1 Å². The fourth-order valence-corrected chi connectivity index (χ4v) is 4.81. The first kappa shape index (κ1) is 26.1. The highest BCUT2D eigenvalue weighted by Crippen LogP contribution is 2.46. The highest BCUT2D eigenvalue weighted by molar-refractivity contribution is 5.63. The number of para-hydroxylation sites is 1. The molecular formula is C29H35N3O3. The van der Waals surface area contributed by atoms with Gasteiger partial charge < -0.3 is 5.11 Å². The number of nitro benzene ring substituents is 1. The molecule has 0 fully saturated rings. The van der Waals surface area contributed by atoms with Crippen LogP contribution in [0.4, 0.5) is 17.1 Å². The van der Waals surface area contributed by atoms with Gasteiger partial charge in [-0.25, -0.2) is 0 Å². The Hall–Kier alpha value is -3.54. The van der Waals surface area contributed by atoms with Crippen LogP contribution in [0.15, 0.2) is 77.0 Å². The van der Waals surface area contributed by atoms with Crippen LogP contribution in [0.1, 0.15) is 71.6 Å². The maximum atomic E-state index is 11.4. The molecule has 0 aliphatic rings. The second-order valence-electron chi connectivity index (χ2n) is 11.4. The van der Waals surface area contributed by atoms with Gasteiger partial charge in [0.1, 0.15) is 11.4 Å². The summed E-state index contributed by atoms with van der Waals surface area (Å²) in [5.74, 6) is 0.0245. The van der Waals surface area contributed by atoms with E-state index in [1.807, 2.05) is 36.4 Å². The largest absolute Gasteiger partial charge is 0.505 e. The fraction of sp³-hybridized carbons (Fsp3) is 0.379. The Morgan fingerprint density at radius 3 is 1.97 bits per heavy atom. The zero-order valence-electron chi connectivity index (χ0n) is 21.7. The summed E-state index contributed by atoms with van der Waals surface area (Å²) in [5.41, 5.74) is 2.48. The summed E-state index contributed by atoms with van der Waals surface area (Å²) in [7, 11) is 0. The zero-order chi connectivity index (χ0) is 26.0. The van der Waals surface area contributed by atoms with E-state index in [2.05, 4.69) is 64.8 Å². The molecule has 0 aromatic heterocycles. The third-order valence-electron chi connectivity index (χ3n) is 6.36. The van der Waals surface area contributed by atoms with E-state index in [1.165, 1.54) is 6.07 Å². The Kier molecular flexibility index (Phi) is 7.16. The molecule has 0 heterocycles. The van der Waals surface area contributed by atoms with Crippen molar-refractivity contribution in [1.82, 2.24) is 0 Å². The molecule has 3 aromatic carbocycles. The molecule has 0 saturated carbocycles. The van der Waals surface area contributed by atoms with E-state index in [-0.39, 0.29) is 28.0 Å². The van der Waals surface area contributed by atoms with Crippen LogP contribution in [-0.4, -0.2) is 10.0 Å². The Balaban J connectivity index is 2.22. The van der Waals surface area contributed by atoms with Crippen LogP contribution >= 0.6 is 0 Å². The summed E-state index contributed by atoms with van der Waals surface area (Å²) < 4.78 is 0. The van der Waals surface area contributed by atoms with Crippen LogP contribution in [0, 0.1) is 15.5 Å². The van der Waals surface area contributed by atoms with Crippen molar-refractivity contribution in [2.24, 2.45) is 15.6 Å². The smallest absolute Gasteiger partial charge is 0.296 e. The first-order chi connectivity index (χ1) is 16.2. The fourth-order valence-electron chi connectivity index (χ4n) is 4.81. The molecule has 1 N–H and O–H groups in total. The number of hydrogen-bond acceptors (Lipinski definition) is 5. The Bertz CT molecular complexity index is 1240. The van der Waals surface area contributed by atoms with Gasteiger partial charge in [-0.2, -0.15) is 0 Å². The molecule has 6 heteroatoms. The standard InChI is InChI=1S/C29H35N3O3/c1-27(2,3)19-28(4,5)21-17-22(29(6,7)20-13-9-8-10-14-20)26(33)24(18-21)31-30-23-15-11-12-16-25(23)32(34)35/h8-18,33H,19H2,1-7H3. The highest BCUT2D eigenvalue weighted by atomic mass is 16.6. The highest BCUT2D eigenvalue weighted by Gasteiger charge is 2.33. The third kappa shape index (κ3) is 5.94. The molecule has 3 rings (SSSR count). The van der Waals surface area contributed by atoms with Crippen molar-refractivity contribution in [2.75, 3.05) is 0 Å². The minimum atomic E-state index is -0.512. The van der Waals surface area contributed by atoms with Gasteiger partial charge in [0, 0.05) is 17.0 Å². The van der Waals surface area contributed by atoms with E-state index in [0.717, 1.165) is 23.1 Å². The van der Waals surface area contributed by atoms with Crippen LogP contribution in [-0.2, 0) is 10.8 Å². The van der Waals surface area contributed by atoms with Gasteiger partial charge in [-0.15, -0.1) is 10.2 Å². The van der Waals surface area contributed by atoms with E-state index in [4.69, 9.17) is 0 Å². The van der Waals surface area contributed by atoms with Crippen LogP contribution in [0.5, 0.6) is 5.75 Å². The van der Waals surface area contributed by atoms with Crippen LogP contribution in [0.2, 0.25) is 0 Å². The number of phenolic OH excluding ortho intramolecular Hbond substituents is 1. The lowest BCUT2D eigenvalue weighted by Gasteiger charge is -2.35. The molecule has 0 radical (unpaired) electrons. The predicted molar refractivity (Wildman–Crippen MR) is 141 cm³/mol. The quantitative estimate of drug-likeness (QED) is 0.211. The minimum Gasteiger partial charge on any atom is -0.505 e. The molecule has 35 heavy (non-hydrogen) atoms. The second kappa shape index (κ2) is 9.61. The molecular weight excluding hydrogens is 438 g/mol. The lowest BCUT2D eigenvalue weighted by molar-refractivity contribution is -0.384. The molecule has 0 atom stereocenters. The first-order valence-electron chi connectivity index (χ1n) is 11.8. The topological polar surface area (TPSA) is 88.1 Å². The van der Waals surface area contributed by atoms with E-state index in [0.29, 0.717) is 5.69 Å². The number of nitrogens with zero attached hydrogens (tertiary/aromatic N) is 3. The van der Waals surface area contributed by atoms with E-state index in [9.17, 15) is 15.2 Å². The number of hydrogen-bond donors (Lipinski definition) is 1. The minimum absolute atomic E-state index is 0.0245. The Morgan fingerprint density at radius 1 is 0.800 bits per heavy atom. The average Bonchev–Trinajstić information content (AvgIpc) is 2.77. The van der Waals surface area contributed by atoms with Crippen molar-refractivity contribution < 1.29 is 10.0 Å². The molecule has 0 aliphatic carbocycles. The number of nitro groups is 1. The Labute approximate surface area is 207 Å². The van der Waals surface area contributed by atoms with Crippen LogP contribution < -0.4 is 0 Å². The van der Waals surface area contributed by atoms with Gasteiger partial charge in [0.15, 0.2) is 5.69 Å². The average molecular weight is 474 g/mol. The number of rotatable bonds is 7. The maximum Gasteiger partial charge on any atom is 0.296 e. The van der Waals surface area contributed by atoms with Crippen molar-refractivity contribution in [3.63, 3.8) is 0 Å². The van der Waals surface area contributed by atoms with Crippen molar-refractivity contribution in [1.29, 1.82) is 0 Å². The van der Waals surface area contributed by atoms with E-state index >= 15 is 0 Å².